The highest BCUT2D eigenvalue weighted by atomic mass is 16.5. The summed E-state index contributed by atoms with van der Waals surface area (Å²) in [7, 11) is 1.50. The number of nitrogens with one attached hydrogen (secondary N) is 1. The Balaban J connectivity index is 2.28. The zero-order valence-corrected chi connectivity index (χ0v) is 12.3. The molecule has 2 aromatic heterocycles. The fourth-order valence-corrected chi connectivity index (χ4v) is 2.67. The second-order valence-electron chi connectivity index (χ2n) is 5.02. The van der Waals surface area contributed by atoms with Crippen LogP contribution in [0.3, 0.4) is 0 Å². The molecule has 1 aliphatic heterocycles. The van der Waals surface area contributed by atoms with Crippen molar-refractivity contribution in [1.82, 2.24) is 15.3 Å². The van der Waals surface area contributed by atoms with E-state index in [1.54, 1.807) is 6.07 Å². The molecule has 0 aromatic carbocycles. The van der Waals surface area contributed by atoms with Crippen LogP contribution in [0.15, 0.2) is 6.07 Å². The van der Waals surface area contributed by atoms with Gasteiger partial charge in [0.05, 0.1) is 12.5 Å². The molecule has 1 aliphatic rings. The molecule has 2 aromatic rings. The third-order valence-corrected chi connectivity index (χ3v) is 3.74. The minimum absolute atomic E-state index is 0.211. The fraction of sp³-hybridized carbons (Fsp3) is 0.357. The summed E-state index contributed by atoms with van der Waals surface area (Å²) in [5.74, 6) is 1.41. The number of nitrogens with zero attached hydrogens (tertiary/aromatic N) is 4. The third kappa shape index (κ3) is 2.21. The summed E-state index contributed by atoms with van der Waals surface area (Å²) >= 11 is 0. The van der Waals surface area contributed by atoms with Gasteiger partial charge in [-0.05, 0) is 0 Å². The molecule has 0 amide bonds. The Morgan fingerprint density at radius 1 is 1.27 bits per heavy atom. The topological polar surface area (TPSA) is 126 Å². The van der Waals surface area contributed by atoms with Gasteiger partial charge in [0, 0.05) is 37.6 Å². The van der Waals surface area contributed by atoms with Gasteiger partial charge in [-0.3, -0.25) is 0 Å². The van der Waals surface area contributed by atoms with Crippen LogP contribution in [-0.4, -0.2) is 43.3 Å². The van der Waals surface area contributed by atoms with Crippen molar-refractivity contribution in [2.24, 2.45) is 0 Å². The summed E-state index contributed by atoms with van der Waals surface area (Å²) in [5, 5.41) is 14.0. The van der Waals surface area contributed by atoms with Crippen molar-refractivity contribution in [2.75, 3.05) is 49.7 Å². The molecule has 0 unspecified atom stereocenters. The second kappa shape index (κ2) is 5.54. The number of methoxy groups -OCH3 is 1. The summed E-state index contributed by atoms with van der Waals surface area (Å²) < 4.78 is 5.14. The zero-order chi connectivity index (χ0) is 15.7. The van der Waals surface area contributed by atoms with Crippen LogP contribution in [0.1, 0.15) is 5.56 Å². The number of aromatic nitrogens is 2. The first-order valence-electron chi connectivity index (χ1n) is 6.95. The van der Waals surface area contributed by atoms with Crippen molar-refractivity contribution in [3.63, 3.8) is 0 Å². The maximum absolute atomic E-state index is 9.62. The third-order valence-electron chi connectivity index (χ3n) is 3.74. The van der Waals surface area contributed by atoms with Gasteiger partial charge < -0.3 is 26.4 Å². The monoisotopic (exact) mass is 299 g/mol. The Hall–Kier alpha value is -2.79. The summed E-state index contributed by atoms with van der Waals surface area (Å²) in [5.41, 5.74) is 12.4. The predicted molar refractivity (Wildman–Crippen MR) is 84.7 cm³/mol. The average Bonchev–Trinajstić information content (AvgIpc) is 2.54. The number of rotatable bonds is 2. The molecule has 0 spiro atoms. The SMILES string of the molecule is COc1cc2c(C#N)c(N3CCNCC3)nc(N)c2c(N)n1. The zero-order valence-electron chi connectivity index (χ0n) is 12.3. The molecule has 0 saturated carbocycles. The second-order valence-corrected chi connectivity index (χ2v) is 5.02. The molecule has 0 radical (unpaired) electrons. The van der Waals surface area contributed by atoms with E-state index in [0.717, 1.165) is 26.2 Å². The van der Waals surface area contributed by atoms with Crippen molar-refractivity contribution >= 4 is 28.2 Å². The number of hydrogen-bond donors (Lipinski definition) is 3. The Bertz CT molecular complexity index is 762. The molecule has 5 N–H and O–H groups in total. The van der Waals surface area contributed by atoms with E-state index in [0.29, 0.717) is 28.0 Å². The van der Waals surface area contributed by atoms with Gasteiger partial charge in [-0.25, -0.2) is 4.98 Å². The van der Waals surface area contributed by atoms with Crippen LogP contribution in [0.4, 0.5) is 17.5 Å². The molecule has 1 saturated heterocycles. The number of nitriles is 1. The summed E-state index contributed by atoms with van der Waals surface area (Å²) in [6.45, 7) is 3.22. The lowest BCUT2D eigenvalue weighted by Gasteiger charge is -2.29. The Morgan fingerprint density at radius 2 is 1.95 bits per heavy atom. The number of fused-ring (bicyclic) bond motifs is 1. The largest absolute Gasteiger partial charge is 0.481 e. The van der Waals surface area contributed by atoms with E-state index >= 15 is 0 Å². The summed E-state index contributed by atoms with van der Waals surface area (Å²) in [6, 6.07) is 3.90. The number of hydrogen-bond acceptors (Lipinski definition) is 8. The van der Waals surface area contributed by atoms with E-state index in [2.05, 4.69) is 21.4 Å². The van der Waals surface area contributed by atoms with E-state index in [4.69, 9.17) is 16.2 Å². The molecular formula is C14H17N7O. The van der Waals surface area contributed by atoms with Crippen LogP contribution in [0.5, 0.6) is 5.88 Å². The van der Waals surface area contributed by atoms with Gasteiger partial charge in [0.15, 0.2) is 0 Å². The van der Waals surface area contributed by atoms with Gasteiger partial charge in [-0.15, -0.1) is 0 Å². The van der Waals surface area contributed by atoms with E-state index in [1.165, 1.54) is 7.11 Å². The Kier molecular flexibility index (Phi) is 3.56. The molecule has 22 heavy (non-hydrogen) atoms. The van der Waals surface area contributed by atoms with Crippen LogP contribution in [0.25, 0.3) is 10.8 Å². The average molecular weight is 299 g/mol. The Labute approximate surface area is 127 Å². The van der Waals surface area contributed by atoms with Gasteiger partial charge in [0.2, 0.25) is 5.88 Å². The first kappa shape index (κ1) is 14.2. The lowest BCUT2D eigenvalue weighted by Crippen LogP contribution is -2.44. The number of nitrogen functional groups attached to an aromatic ring is 2. The van der Waals surface area contributed by atoms with Crippen LogP contribution in [0, 0.1) is 11.3 Å². The molecule has 0 atom stereocenters. The molecule has 0 aliphatic carbocycles. The highest BCUT2D eigenvalue weighted by molar-refractivity contribution is 6.04. The lowest BCUT2D eigenvalue weighted by atomic mass is 10.1. The molecule has 3 heterocycles. The smallest absolute Gasteiger partial charge is 0.215 e. The minimum Gasteiger partial charge on any atom is -0.481 e. The van der Waals surface area contributed by atoms with Crippen molar-refractivity contribution in [1.29, 1.82) is 5.26 Å². The van der Waals surface area contributed by atoms with Crippen molar-refractivity contribution in [2.45, 2.75) is 0 Å². The number of pyridine rings is 2. The molecule has 8 heteroatoms. The van der Waals surface area contributed by atoms with Crippen LogP contribution in [0.2, 0.25) is 0 Å². The van der Waals surface area contributed by atoms with Crippen molar-refractivity contribution in [3.05, 3.63) is 11.6 Å². The standard InChI is InChI=1S/C14H17N7O/c1-22-10-6-8-9(7-15)14(21-4-2-18-3-5-21)20-13(17)11(8)12(16)19-10/h6,18H,2-5H2,1H3,(H2,16,19)(H2,17,20). The summed E-state index contributed by atoms with van der Waals surface area (Å²) in [6.07, 6.45) is 0. The number of ether oxygens (including phenoxy) is 1. The van der Waals surface area contributed by atoms with Gasteiger partial charge in [0.1, 0.15) is 29.1 Å². The quantitative estimate of drug-likeness (QED) is 0.712. The van der Waals surface area contributed by atoms with E-state index in [9.17, 15) is 5.26 Å². The van der Waals surface area contributed by atoms with Crippen LogP contribution < -0.4 is 26.4 Å². The van der Waals surface area contributed by atoms with Crippen molar-refractivity contribution in [3.8, 4) is 11.9 Å². The first-order chi connectivity index (χ1) is 10.7. The van der Waals surface area contributed by atoms with Crippen molar-refractivity contribution < 1.29 is 4.74 Å². The molecule has 8 nitrogen and oxygen atoms in total. The maximum Gasteiger partial charge on any atom is 0.215 e. The van der Waals surface area contributed by atoms with Crippen LogP contribution >= 0.6 is 0 Å². The predicted octanol–water partition coefficient (Wildman–Crippen LogP) is 0.0841. The lowest BCUT2D eigenvalue weighted by molar-refractivity contribution is 0.399. The Morgan fingerprint density at radius 3 is 2.59 bits per heavy atom. The van der Waals surface area contributed by atoms with Gasteiger partial charge in [-0.2, -0.15) is 10.2 Å². The number of anilines is 3. The number of nitrogens with two attached hydrogens (primary N) is 2. The molecular weight excluding hydrogens is 282 g/mol. The maximum atomic E-state index is 9.62. The van der Waals surface area contributed by atoms with Gasteiger partial charge in [0.25, 0.3) is 0 Å². The summed E-state index contributed by atoms with van der Waals surface area (Å²) in [4.78, 5) is 10.6. The molecule has 0 bridgehead atoms. The minimum atomic E-state index is 0.211. The molecule has 3 rings (SSSR count). The van der Waals surface area contributed by atoms with Gasteiger partial charge in [-0.1, -0.05) is 0 Å². The highest BCUT2D eigenvalue weighted by Gasteiger charge is 2.21. The first-order valence-corrected chi connectivity index (χ1v) is 6.95. The molecule has 114 valence electrons. The fourth-order valence-electron chi connectivity index (χ4n) is 2.67. The highest BCUT2D eigenvalue weighted by Crippen LogP contribution is 2.34. The van der Waals surface area contributed by atoms with E-state index < -0.39 is 0 Å². The van der Waals surface area contributed by atoms with Crippen LogP contribution in [-0.2, 0) is 0 Å². The van der Waals surface area contributed by atoms with E-state index in [1.807, 2.05) is 4.90 Å². The van der Waals surface area contributed by atoms with E-state index in [-0.39, 0.29) is 11.6 Å². The molecule has 1 fully saturated rings. The van der Waals surface area contributed by atoms with Gasteiger partial charge >= 0.3 is 0 Å². The normalized spacial score (nSPS) is 14.8. The number of piperazine rings is 1.